The molecule has 0 radical (unpaired) electrons. The molecule has 0 spiro atoms. The Morgan fingerprint density at radius 3 is 2.94 bits per heavy atom. The van der Waals surface area contributed by atoms with Crippen LogP contribution in [-0.2, 0) is 6.42 Å². The molecule has 0 atom stereocenters. The van der Waals surface area contributed by atoms with Crippen molar-refractivity contribution < 1.29 is 4.79 Å². The van der Waals surface area contributed by atoms with Crippen LogP contribution >= 0.6 is 0 Å². The lowest BCUT2D eigenvalue weighted by molar-refractivity contribution is 0.0917. The average Bonchev–Trinajstić information content (AvgIpc) is 2.33. The van der Waals surface area contributed by atoms with Gasteiger partial charge in [0.2, 0.25) is 0 Å². The van der Waals surface area contributed by atoms with Gasteiger partial charge in [-0.3, -0.25) is 4.79 Å². The topological polar surface area (TPSA) is 41.1 Å². The molecule has 3 heteroatoms. The monoisotopic (exact) mass is 230 g/mol. The summed E-state index contributed by atoms with van der Waals surface area (Å²) in [7, 11) is 0. The Hall–Kier alpha value is -1.51. The molecule has 3 nitrogen and oxygen atoms in total. The Bertz CT molecular complexity index is 438. The summed E-state index contributed by atoms with van der Waals surface area (Å²) in [5, 5.41) is 6.44. The van der Waals surface area contributed by atoms with E-state index in [4.69, 9.17) is 0 Å². The van der Waals surface area contributed by atoms with E-state index in [0.717, 1.165) is 37.8 Å². The lowest BCUT2D eigenvalue weighted by Crippen LogP contribution is -2.39. The molecule has 1 aliphatic heterocycles. The minimum atomic E-state index is 0.0862. The zero-order valence-electron chi connectivity index (χ0n) is 9.96. The number of hydrogen-bond acceptors (Lipinski definition) is 2. The van der Waals surface area contributed by atoms with Gasteiger partial charge in [-0.1, -0.05) is 0 Å². The molecule has 0 aromatic heterocycles. The second-order valence-corrected chi connectivity index (χ2v) is 5.00. The van der Waals surface area contributed by atoms with Gasteiger partial charge in [-0.2, -0.15) is 0 Å². The Balaban J connectivity index is 1.75. The smallest absolute Gasteiger partial charge is 0.251 e. The molecule has 0 saturated heterocycles. The highest BCUT2D eigenvalue weighted by Gasteiger charge is 2.20. The summed E-state index contributed by atoms with van der Waals surface area (Å²) in [4.78, 5) is 12.0. The molecule has 0 bridgehead atoms. The van der Waals surface area contributed by atoms with Gasteiger partial charge in [0.15, 0.2) is 0 Å². The summed E-state index contributed by atoms with van der Waals surface area (Å²) >= 11 is 0. The third-order valence-electron chi connectivity index (χ3n) is 3.75. The quantitative estimate of drug-likeness (QED) is 0.818. The van der Waals surface area contributed by atoms with Crippen molar-refractivity contribution in [2.75, 3.05) is 11.9 Å². The fourth-order valence-electron chi connectivity index (χ4n) is 2.44. The maximum absolute atomic E-state index is 12.0. The minimum absolute atomic E-state index is 0.0862. The number of nitrogens with one attached hydrogen (secondary N) is 2. The van der Waals surface area contributed by atoms with E-state index in [1.165, 1.54) is 17.7 Å². The highest BCUT2D eigenvalue weighted by molar-refractivity contribution is 5.95. The van der Waals surface area contributed by atoms with Crippen LogP contribution in [0.15, 0.2) is 18.2 Å². The second-order valence-electron chi connectivity index (χ2n) is 5.00. The van der Waals surface area contributed by atoms with Crippen molar-refractivity contribution in [2.45, 2.75) is 38.1 Å². The van der Waals surface area contributed by atoms with Crippen LogP contribution in [0.1, 0.15) is 41.6 Å². The number of anilines is 1. The summed E-state index contributed by atoms with van der Waals surface area (Å²) in [5.41, 5.74) is 3.27. The number of carbonyl (C=O) groups excluding carboxylic acids is 1. The molecule has 17 heavy (non-hydrogen) atoms. The highest BCUT2D eigenvalue weighted by Crippen LogP contribution is 2.23. The van der Waals surface area contributed by atoms with E-state index in [1.54, 1.807) is 0 Å². The molecule has 1 heterocycles. The van der Waals surface area contributed by atoms with Crippen LogP contribution in [0, 0.1) is 0 Å². The standard InChI is InChI=1S/C14H18N2O/c17-14(16-12-4-1-5-12)11-6-7-13-10(9-11)3-2-8-15-13/h6-7,9,12,15H,1-5,8H2,(H,16,17). The third kappa shape index (κ3) is 2.14. The number of aryl methyl sites for hydroxylation is 1. The van der Waals surface area contributed by atoms with Gasteiger partial charge in [-0.15, -0.1) is 0 Å². The zero-order chi connectivity index (χ0) is 11.7. The molecular weight excluding hydrogens is 212 g/mol. The van der Waals surface area contributed by atoms with Gasteiger partial charge in [0.1, 0.15) is 0 Å². The Morgan fingerprint density at radius 2 is 2.18 bits per heavy atom. The van der Waals surface area contributed by atoms with Gasteiger partial charge in [-0.25, -0.2) is 0 Å². The number of rotatable bonds is 2. The van der Waals surface area contributed by atoms with Gasteiger partial charge >= 0.3 is 0 Å². The van der Waals surface area contributed by atoms with E-state index < -0.39 is 0 Å². The molecule has 1 saturated carbocycles. The molecule has 1 aromatic carbocycles. The van der Waals surface area contributed by atoms with Gasteiger partial charge in [0.25, 0.3) is 5.91 Å². The highest BCUT2D eigenvalue weighted by atomic mass is 16.1. The zero-order valence-corrected chi connectivity index (χ0v) is 9.96. The third-order valence-corrected chi connectivity index (χ3v) is 3.75. The first kappa shape index (κ1) is 10.6. The molecule has 1 amide bonds. The molecule has 1 aliphatic carbocycles. The molecule has 3 rings (SSSR count). The summed E-state index contributed by atoms with van der Waals surface area (Å²) in [6, 6.07) is 6.40. The molecule has 1 fully saturated rings. The largest absolute Gasteiger partial charge is 0.385 e. The van der Waals surface area contributed by atoms with Gasteiger partial charge in [-0.05, 0) is 55.9 Å². The van der Waals surface area contributed by atoms with E-state index >= 15 is 0 Å². The predicted molar refractivity (Wildman–Crippen MR) is 68.4 cm³/mol. The van der Waals surface area contributed by atoms with Crippen molar-refractivity contribution in [3.63, 3.8) is 0 Å². The summed E-state index contributed by atoms with van der Waals surface area (Å²) in [5.74, 6) is 0.0862. The molecule has 1 aromatic rings. The van der Waals surface area contributed by atoms with E-state index in [1.807, 2.05) is 18.2 Å². The normalized spacial score (nSPS) is 18.8. The van der Waals surface area contributed by atoms with Gasteiger partial charge in [0, 0.05) is 23.8 Å². The fourth-order valence-corrected chi connectivity index (χ4v) is 2.44. The summed E-state index contributed by atoms with van der Waals surface area (Å²) in [6.07, 6.45) is 5.75. The lowest BCUT2D eigenvalue weighted by Gasteiger charge is -2.26. The first-order valence-corrected chi connectivity index (χ1v) is 6.50. The van der Waals surface area contributed by atoms with E-state index in [0.29, 0.717) is 6.04 Å². The van der Waals surface area contributed by atoms with Crippen LogP contribution in [0.5, 0.6) is 0 Å². The molecule has 2 N–H and O–H groups in total. The van der Waals surface area contributed by atoms with Crippen LogP contribution in [0.25, 0.3) is 0 Å². The van der Waals surface area contributed by atoms with Crippen LogP contribution in [0.3, 0.4) is 0 Å². The van der Waals surface area contributed by atoms with Crippen LogP contribution < -0.4 is 10.6 Å². The second kappa shape index (κ2) is 4.40. The Kier molecular flexibility index (Phi) is 2.75. The van der Waals surface area contributed by atoms with E-state index in [-0.39, 0.29) is 5.91 Å². The van der Waals surface area contributed by atoms with Crippen molar-refractivity contribution in [3.8, 4) is 0 Å². The Morgan fingerprint density at radius 1 is 1.29 bits per heavy atom. The van der Waals surface area contributed by atoms with Gasteiger partial charge in [0.05, 0.1) is 0 Å². The number of fused-ring (bicyclic) bond motifs is 1. The lowest BCUT2D eigenvalue weighted by atomic mass is 9.92. The fraction of sp³-hybridized carbons (Fsp3) is 0.500. The first-order valence-electron chi connectivity index (χ1n) is 6.50. The number of benzene rings is 1. The maximum Gasteiger partial charge on any atom is 0.251 e. The number of carbonyl (C=O) groups is 1. The predicted octanol–water partition coefficient (Wildman–Crippen LogP) is 2.33. The van der Waals surface area contributed by atoms with Crippen LogP contribution in [0.2, 0.25) is 0 Å². The van der Waals surface area contributed by atoms with Crippen molar-refractivity contribution in [3.05, 3.63) is 29.3 Å². The van der Waals surface area contributed by atoms with E-state index in [9.17, 15) is 4.79 Å². The average molecular weight is 230 g/mol. The van der Waals surface area contributed by atoms with Crippen molar-refractivity contribution >= 4 is 11.6 Å². The summed E-state index contributed by atoms with van der Waals surface area (Å²) in [6.45, 7) is 1.04. The van der Waals surface area contributed by atoms with Crippen molar-refractivity contribution in [1.82, 2.24) is 5.32 Å². The SMILES string of the molecule is O=C(NC1CCC1)c1ccc2c(c1)CCCN2. The minimum Gasteiger partial charge on any atom is -0.385 e. The Labute approximate surface area is 102 Å². The molecule has 0 unspecified atom stereocenters. The number of amides is 1. The van der Waals surface area contributed by atoms with E-state index in [2.05, 4.69) is 10.6 Å². The van der Waals surface area contributed by atoms with Crippen LogP contribution in [-0.4, -0.2) is 18.5 Å². The maximum atomic E-state index is 12.0. The molecule has 2 aliphatic rings. The van der Waals surface area contributed by atoms with Crippen molar-refractivity contribution in [1.29, 1.82) is 0 Å². The number of hydrogen-bond donors (Lipinski definition) is 2. The first-order chi connectivity index (χ1) is 8.33. The van der Waals surface area contributed by atoms with Gasteiger partial charge < -0.3 is 10.6 Å². The summed E-state index contributed by atoms with van der Waals surface area (Å²) < 4.78 is 0. The molecule has 90 valence electrons. The van der Waals surface area contributed by atoms with Crippen molar-refractivity contribution in [2.24, 2.45) is 0 Å². The van der Waals surface area contributed by atoms with Crippen LogP contribution in [0.4, 0.5) is 5.69 Å². The molecular formula is C14H18N2O.